The second-order valence-electron chi connectivity index (χ2n) is 6.39. The van der Waals surface area contributed by atoms with Crippen molar-refractivity contribution in [1.82, 2.24) is 5.32 Å². The molecule has 0 radical (unpaired) electrons. The normalized spacial score (nSPS) is 18.6. The summed E-state index contributed by atoms with van der Waals surface area (Å²) in [4.78, 5) is 11.9. The van der Waals surface area contributed by atoms with Gasteiger partial charge in [-0.15, -0.1) is 0 Å². The first-order chi connectivity index (χ1) is 8.74. The summed E-state index contributed by atoms with van der Waals surface area (Å²) in [6.45, 7) is 11.8. The van der Waals surface area contributed by atoms with Gasteiger partial charge in [0.1, 0.15) is 5.60 Å². The van der Waals surface area contributed by atoms with Crippen molar-refractivity contribution in [3.8, 4) is 0 Å². The van der Waals surface area contributed by atoms with E-state index in [2.05, 4.69) is 11.9 Å². The average Bonchev–Trinajstić information content (AvgIpc) is 3.06. The van der Waals surface area contributed by atoms with Gasteiger partial charge in [0.25, 0.3) is 0 Å². The zero-order valence-electron chi connectivity index (χ0n) is 12.7. The lowest BCUT2D eigenvalue weighted by Crippen LogP contribution is -2.51. The maximum absolute atomic E-state index is 11.9. The van der Waals surface area contributed by atoms with Crippen LogP contribution in [0.25, 0.3) is 0 Å². The van der Waals surface area contributed by atoms with Crippen LogP contribution in [0.4, 0.5) is 0 Å². The number of nitrogens with two attached hydrogens (primary N) is 1. The highest BCUT2D eigenvalue weighted by Gasteiger charge is 2.38. The predicted octanol–water partition coefficient (Wildman–Crippen LogP) is 2.34. The van der Waals surface area contributed by atoms with E-state index in [1.807, 2.05) is 27.7 Å². The van der Waals surface area contributed by atoms with Crippen LogP contribution in [0, 0.1) is 5.92 Å². The number of hydrogen-bond acceptors (Lipinski definition) is 4. The summed E-state index contributed by atoms with van der Waals surface area (Å²) < 4.78 is 5.66. The van der Waals surface area contributed by atoms with E-state index in [0.717, 1.165) is 19.3 Å². The Morgan fingerprint density at radius 3 is 2.47 bits per heavy atom. The van der Waals surface area contributed by atoms with Crippen LogP contribution < -0.4 is 11.1 Å². The predicted molar refractivity (Wildman–Crippen MR) is 77.5 cm³/mol. The van der Waals surface area contributed by atoms with Crippen molar-refractivity contribution < 1.29 is 9.53 Å². The first kappa shape index (κ1) is 16.0. The monoisotopic (exact) mass is 268 g/mol. The SMILES string of the molecule is C=C(NC(C1CC1)C(N)C(=O)CCC)OC(C)(C)C. The highest BCUT2D eigenvalue weighted by atomic mass is 16.5. The van der Waals surface area contributed by atoms with Gasteiger partial charge in [-0.25, -0.2) is 0 Å². The van der Waals surface area contributed by atoms with Crippen LogP contribution in [0.15, 0.2) is 12.5 Å². The number of Topliss-reactive ketones (excluding diaryl/α,β-unsaturated/α-hetero) is 1. The largest absolute Gasteiger partial charge is 0.474 e. The third-order valence-electron chi connectivity index (χ3n) is 3.14. The minimum Gasteiger partial charge on any atom is -0.474 e. The van der Waals surface area contributed by atoms with Gasteiger partial charge in [-0.05, 0) is 52.5 Å². The van der Waals surface area contributed by atoms with E-state index in [9.17, 15) is 4.79 Å². The molecular weight excluding hydrogens is 240 g/mol. The molecule has 0 amide bonds. The standard InChI is InChI=1S/C15H28N2O2/c1-6-7-12(18)13(16)14(11-8-9-11)17-10(2)19-15(3,4)5/h11,13-14,17H,2,6-9,16H2,1,3-5H3. The number of rotatable bonds is 8. The van der Waals surface area contributed by atoms with Crippen LogP contribution in [0.2, 0.25) is 0 Å². The molecule has 0 heterocycles. The van der Waals surface area contributed by atoms with E-state index in [-0.39, 0.29) is 17.4 Å². The Bertz CT molecular complexity index is 330. The molecule has 0 aromatic heterocycles. The molecule has 1 aliphatic rings. The molecule has 0 saturated heterocycles. The van der Waals surface area contributed by atoms with Gasteiger partial charge in [-0.2, -0.15) is 0 Å². The van der Waals surface area contributed by atoms with Gasteiger partial charge in [-0.3, -0.25) is 4.79 Å². The number of carbonyl (C=O) groups excluding carboxylic acids is 1. The minimum atomic E-state index is -0.465. The Kier molecular flexibility index (Phi) is 5.41. The summed E-state index contributed by atoms with van der Waals surface area (Å²) in [5, 5.41) is 3.21. The lowest BCUT2D eigenvalue weighted by Gasteiger charge is -2.29. The highest BCUT2D eigenvalue weighted by molar-refractivity contribution is 5.84. The van der Waals surface area contributed by atoms with E-state index >= 15 is 0 Å². The van der Waals surface area contributed by atoms with Gasteiger partial charge in [-0.1, -0.05) is 6.92 Å². The minimum absolute atomic E-state index is 0.0473. The molecule has 19 heavy (non-hydrogen) atoms. The first-order valence-electron chi connectivity index (χ1n) is 7.17. The van der Waals surface area contributed by atoms with Crippen LogP contribution >= 0.6 is 0 Å². The summed E-state index contributed by atoms with van der Waals surface area (Å²) in [5.74, 6) is 1.09. The zero-order chi connectivity index (χ0) is 14.6. The second kappa shape index (κ2) is 6.42. The molecule has 1 saturated carbocycles. The van der Waals surface area contributed by atoms with Crippen molar-refractivity contribution in [1.29, 1.82) is 0 Å². The molecule has 0 aromatic rings. The topological polar surface area (TPSA) is 64.3 Å². The van der Waals surface area contributed by atoms with Crippen molar-refractivity contribution in [2.45, 2.75) is 71.1 Å². The van der Waals surface area contributed by atoms with Crippen LogP contribution in [-0.4, -0.2) is 23.5 Å². The molecule has 110 valence electrons. The molecule has 2 unspecified atom stereocenters. The van der Waals surface area contributed by atoms with Crippen molar-refractivity contribution in [2.75, 3.05) is 0 Å². The Labute approximate surface area is 116 Å². The van der Waals surface area contributed by atoms with Crippen LogP contribution in [0.1, 0.15) is 53.4 Å². The Morgan fingerprint density at radius 2 is 2.05 bits per heavy atom. The molecule has 1 rings (SSSR count). The molecule has 0 aliphatic heterocycles. The third kappa shape index (κ3) is 5.64. The summed E-state index contributed by atoms with van der Waals surface area (Å²) in [5.41, 5.74) is 5.80. The number of nitrogens with one attached hydrogen (secondary N) is 1. The maximum atomic E-state index is 11.9. The zero-order valence-corrected chi connectivity index (χ0v) is 12.7. The molecule has 0 spiro atoms. The molecular formula is C15H28N2O2. The number of ether oxygens (including phenoxy) is 1. The molecule has 0 bridgehead atoms. The fraction of sp³-hybridized carbons (Fsp3) is 0.800. The van der Waals surface area contributed by atoms with E-state index in [1.54, 1.807) is 0 Å². The fourth-order valence-electron chi connectivity index (χ4n) is 2.15. The third-order valence-corrected chi connectivity index (χ3v) is 3.14. The number of hydrogen-bond donors (Lipinski definition) is 2. The summed E-state index contributed by atoms with van der Waals surface area (Å²) in [7, 11) is 0. The molecule has 0 aromatic carbocycles. The van der Waals surface area contributed by atoms with E-state index < -0.39 is 6.04 Å². The smallest absolute Gasteiger partial charge is 0.180 e. The van der Waals surface area contributed by atoms with Crippen LogP contribution in [-0.2, 0) is 9.53 Å². The van der Waals surface area contributed by atoms with E-state index in [0.29, 0.717) is 18.2 Å². The lowest BCUT2D eigenvalue weighted by molar-refractivity contribution is -0.121. The molecule has 1 aliphatic carbocycles. The Hall–Kier alpha value is -1.03. The lowest BCUT2D eigenvalue weighted by atomic mass is 9.97. The van der Waals surface area contributed by atoms with Crippen molar-refractivity contribution in [3.63, 3.8) is 0 Å². The fourth-order valence-corrected chi connectivity index (χ4v) is 2.15. The van der Waals surface area contributed by atoms with Crippen molar-refractivity contribution in [2.24, 2.45) is 11.7 Å². The van der Waals surface area contributed by atoms with E-state index in [1.165, 1.54) is 0 Å². The average molecular weight is 268 g/mol. The van der Waals surface area contributed by atoms with Gasteiger partial charge in [0.05, 0.1) is 12.1 Å². The maximum Gasteiger partial charge on any atom is 0.180 e. The molecule has 4 nitrogen and oxygen atoms in total. The van der Waals surface area contributed by atoms with Gasteiger partial charge in [0.15, 0.2) is 11.7 Å². The molecule has 1 fully saturated rings. The van der Waals surface area contributed by atoms with Gasteiger partial charge >= 0.3 is 0 Å². The Balaban J connectivity index is 2.58. The first-order valence-corrected chi connectivity index (χ1v) is 7.17. The molecule has 2 atom stereocenters. The van der Waals surface area contributed by atoms with Crippen molar-refractivity contribution in [3.05, 3.63) is 12.5 Å². The van der Waals surface area contributed by atoms with Gasteiger partial charge in [0.2, 0.25) is 0 Å². The number of carbonyl (C=O) groups is 1. The van der Waals surface area contributed by atoms with E-state index in [4.69, 9.17) is 10.5 Å². The van der Waals surface area contributed by atoms with Crippen molar-refractivity contribution >= 4 is 5.78 Å². The summed E-state index contributed by atoms with van der Waals surface area (Å²) in [6.07, 6.45) is 3.61. The summed E-state index contributed by atoms with van der Waals surface area (Å²) in [6, 6.07) is -0.512. The molecule has 3 N–H and O–H groups in total. The summed E-state index contributed by atoms with van der Waals surface area (Å²) >= 11 is 0. The highest BCUT2D eigenvalue weighted by Crippen LogP contribution is 2.34. The van der Waals surface area contributed by atoms with Gasteiger partial charge < -0.3 is 15.8 Å². The second-order valence-corrected chi connectivity index (χ2v) is 6.39. The Morgan fingerprint density at radius 1 is 1.47 bits per heavy atom. The molecule has 4 heteroatoms. The van der Waals surface area contributed by atoms with Gasteiger partial charge in [0, 0.05) is 6.42 Å². The van der Waals surface area contributed by atoms with Crippen LogP contribution in [0.5, 0.6) is 0 Å². The number of ketones is 1. The van der Waals surface area contributed by atoms with Crippen LogP contribution in [0.3, 0.4) is 0 Å². The quantitative estimate of drug-likeness (QED) is 0.663.